The molecule has 0 aliphatic rings. The zero-order valence-electron chi connectivity index (χ0n) is 13.2. The van der Waals surface area contributed by atoms with Crippen molar-refractivity contribution in [2.45, 2.75) is 24.2 Å². The predicted octanol–water partition coefficient (Wildman–Crippen LogP) is 4.46. The highest BCUT2D eigenvalue weighted by Crippen LogP contribution is 2.23. The Bertz CT molecular complexity index is 823. The molecule has 3 nitrogen and oxygen atoms in total. The zero-order chi connectivity index (χ0) is 16.8. The lowest BCUT2D eigenvalue weighted by molar-refractivity contribution is 0.451. The maximum absolute atomic E-state index is 11.2. The molecule has 0 saturated heterocycles. The maximum atomic E-state index is 11.2. The van der Waals surface area contributed by atoms with E-state index in [9.17, 15) is 9.90 Å². The fourth-order valence-electron chi connectivity index (χ4n) is 2.47. The van der Waals surface area contributed by atoms with Gasteiger partial charge in [0.05, 0.1) is 4.88 Å². The molecule has 0 amide bonds. The van der Waals surface area contributed by atoms with Crippen LogP contribution in [0.25, 0.3) is 0 Å². The van der Waals surface area contributed by atoms with Crippen LogP contribution >= 0.6 is 23.1 Å². The highest BCUT2D eigenvalue weighted by atomic mass is 32.2. The summed E-state index contributed by atoms with van der Waals surface area (Å²) >= 11 is 2.92. The number of nitrogens with one attached hydrogen (secondary N) is 1. The van der Waals surface area contributed by atoms with E-state index in [4.69, 9.17) is 0 Å². The van der Waals surface area contributed by atoms with E-state index < -0.39 is 0 Å². The number of aromatic nitrogens is 1. The summed E-state index contributed by atoms with van der Waals surface area (Å²) < 4.78 is 0. The number of hydrogen-bond acceptors (Lipinski definition) is 4. The fraction of sp³-hybridized carbons (Fsp3) is 0.211. The molecule has 124 valence electrons. The van der Waals surface area contributed by atoms with Gasteiger partial charge in [0.2, 0.25) is 5.88 Å². The molecule has 5 heteroatoms. The van der Waals surface area contributed by atoms with Gasteiger partial charge in [-0.2, -0.15) is 0 Å². The monoisotopic (exact) mass is 357 g/mol. The number of H-pyrrole nitrogens is 1. The largest absolute Gasteiger partial charge is 0.494 e. The standard InChI is InChI=1S/C19H19NO2S2/c21-18-17(24-19(22)20-18)13-15-8-10-16(11-9-15)23-12-4-7-14-5-2-1-3-6-14/h1-3,5-6,8-11,21H,4,7,12-13H2,(H,20,22). The molecule has 0 unspecified atom stereocenters. The molecule has 1 aromatic heterocycles. The van der Waals surface area contributed by atoms with E-state index in [1.165, 1.54) is 10.5 Å². The van der Waals surface area contributed by atoms with Crippen LogP contribution in [0.1, 0.15) is 22.4 Å². The Morgan fingerprint density at radius 2 is 1.75 bits per heavy atom. The average Bonchev–Trinajstić information content (AvgIpc) is 2.91. The van der Waals surface area contributed by atoms with Gasteiger partial charge in [-0.15, -0.1) is 11.8 Å². The van der Waals surface area contributed by atoms with Gasteiger partial charge in [-0.1, -0.05) is 53.8 Å². The Labute approximate surface area is 149 Å². The molecule has 0 spiro atoms. The van der Waals surface area contributed by atoms with Crippen LogP contribution in [0.5, 0.6) is 5.88 Å². The smallest absolute Gasteiger partial charge is 0.307 e. The molecule has 24 heavy (non-hydrogen) atoms. The molecule has 0 atom stereocenters. The van der Waals surface area contributed by atoms with Crippen LogP contribution < -0.4 is 4.87 Å². The summed E-state index contributed by atoms with van der Waals surface area (Å²) in [5.74, 6) is 1.08. The first kappa shape index (κ1) is 16.9. The number of thiazole rings is 1. The number of hydrogen-bond donors (Lipinski definition) is 2. The van der Waals surface area contributed by atoms with Crippen molar-refractivity contribution in [1.82, 2.24) is 4.98 Å². The zero-order valence-corrected chi connectivity index (χ0v) is 14.8. The quantitative estimate of drug-likeness (QED) is 0.485. The Morgan fingerprint density at radius 1 is 1.00 bits per heavy atom. The van der Waals surface area contributed by atoms with Gasteiger partial charge in [0.25, 0.3) is 0 Å². The Kier molecular flexibility index (Phi) is 5.77. The summed E-state index contributed by atoms with van der Waals surface area (Å²) in [7, 11) is 0. The average molecular weight is 358 g/mol. The number of aryl methyl sites for hydroxylation is 1. The van der Waals surface area contributed by atoms with E-state index >= 15 is 0 Å². The van der Waals surface area contributed by atoms with Gasteiger partial charge >= 0.3 is 4.87 Å². The van der Waals surface area contributed by atoms with Crippen LogP contribution in [0.15, 0.2) is 64.3 Å². The van der Waals surface area contributed by atoms with Crippen LogP contribution in [-0.4, -0.2) is 15.8 Å². The molecule has 1 heterocycles. The molecule has 2 aromatic carbocycles. The first-order chi connectivity index (χ1) is 11.7. The highest BCUT2D eigenvalue weighted by molar-refractivity contribution is 7.99. The van der Waals surface area contributed by atoms with Crippen molar-refractivity contribution in [1.29, 1.82) is 0 Å². The second-order valence-electron chi connectivity index (χ2n) is 5.54. The number of aromatic hydroxyl groups is 1. The second-order valence-corrected chi connectivity index (χ2v) is 7.78. The number of thioether (sulfide) groups is 1. The SMILES string of the molecule is O=c1[nH]c(O)c(Cc2ccc(SCCCc3ccccc3)cc2)s1. The summed E-state index contributed by atoms with van der Waals surface area (Å²) in [6.45, 7) is 0. The third kappa shape index (κ3) is 4.76. The molecule has 0 aliphatic carbocycles. The van der Waals surface area contributed by atoms with Gasteiger partial charge in [0.15, 0.2) is 0 Å². The minimum atomic E-state index is -0.215. The van der Waals surface area contributed by atoms with Crippen LogP contribution in [0.2, 0.25) is 0 Å². The van der Waals surface area contributed by atoms with Gasteiger partial charge in [-0.3, -0.25) is 9.78 Å². The number of aromatic amines is 1. The molecule has 0 radical (unpaired) electrons. The number of benzene rings is 2. The Hall–Kier alpha value is -1.98. The first-order valence-electron chi connectivity index (χ1n) is 7.87. The lowest BCUT2D eigenvalue weighted by atomic mass is 10.1. The minimum absolute atomic E-state index is 0.00985. The van der Waals surface area contributed by atoms with Crippen molar-refractivity contribution >= 4 is 23.1 Å². The van der Waals surface area contributed by atoms with Crippen molar-refractivity contribution in [3.63, 3.8) is 0 Å². The van der Waals surface area contributed by atoms with E-state index in [1.54, 1.807) is 0 Å². The summed E-state index contributed by atoms with van der Waals surface area (Å²) in [5, 5.41) is 9.64. The molecule has 3 rings (SSSR count). The van der Waals surface area contributed by atoms with Gasteiger partial charge in [-0.25, -0.2) is 0 Å². The van der Waals surface area contributed by atoms with Gasteiger partial charge in [-0.05, 0) is 41.9 Å². The van der Waals surface area contributed by atoms with Gasteiger partial charge in [0.1, 0.15) is 0 Å². The molecule has 3 aromatic rings. The van der Waals surface area contributed by atoms with Crippen molar-refractivity contribution < 1.29 is 5.11 Å². The topological polar surface area (TPSA) is 53.1 Å². The first-order valence-corrected chi connectivity index (χ1v) is 9.67. The van der Waals surface area contributed by atoms with E-state index in [2.05, 4.69) is 53.5 Å². The molecule has 0 saturated carbocycles. The molecule has 0 bridgehead atoms. The van der Waals surface area contributed by atoms with E-state index in [0.717, 1.165) is 35.5 Å². The Morgan fingerprint density at radius 3 is 2.42 bits per heavy atom. The van der Waals surface area contributed by atoms with Crippen LogP contribution in [0.3, 0.4) is 0 Å². The van der Waals surface area contributed by atoms with Crippen molar-refractivity contribution in [2.24, 2.45) is 0 Å². The van der Waals surface area contributed by atoms with Gasteiger partial charge < -0.3 is 5.11 Å². The van der Waals surface area contributed by atoms with Crippen LogP contribution in [0.4, 0.5) is 0 Å². The third-order valence-corrected chi connectivity index (χ3v) is 5.68. The normalized spacial score (nSPS) is 10.8. The molecular weight excluding hydrogens is 338 g/mol. The summed E-state index contributed by atoms with van der Waals surface area (Å²) in [4.78, 5) is 15.3. The molecule has 0 fully saturated rings. The molecule has 2 N–H and O–H groups in total. The fourth-order valence-corrected chi connectivity index (χ4v) is 4.08. The number of rotatable bonds is 7. The maximum Gasteiger partial charge on any atom is 0.307 e. The van der Waals surface area contributed by atoms with Crippen LogP contribution in [0, 0.1) is 0 Å². The van der Waals surface area contributed by atoms with Gasteiger partial charge in [0, 0.05) is 11.3 Å². The van der Waals surface area contributed by atoms with Crippen molar-refractivity contribution in [3.05, 3.63) is 80.3 Å². The van der Waals surface area contributed by atoms with Crippen molar-refractivity contribution in [3.8, 4) is 5.88 Å². The van der Waals surface area contributed by atoms with E-state index in [0.29, 0.717) is 11.3 Å². The minimum Gasteiger partial charge on any atom is -0.494 e. The summed E-state index contributed by atoms with van der Waals surface area (Å²) in [6, 6.07) is 18.9. The Balaban J connectivity index is 1.48. The summed E-state index contributed by atoms with van der Waals surface area (Å²) in [5.41, 5.74) is 2.48. The van der Waals surface area contributed by atoms with Crippen molar-refractivity contribution in [2.75, 3.05) is 5.75 Å². The van der Waals surface area contributed by atoms with E-state index in [-0.39, 0.29) is 10.8 Å². The van der Waals surface area contributed by atoms with E-state index in [1.807, 2.05) is 17.8 Å². The molecule has 0 aliphatic heterocycles. The highest BCUT2D eigenvalue weighted by Gasteiger charge is 2.07. The summed E-state index contributed by atoms with van der Waals surface area (Å²) in [6.07, 6.45) is 2.84. The van der Waals surface area contributed by atoms with Crippen LogP contribution in [-0.2, 0) is 12.8 Å². The third-order valence-electron chi connectivity index (χ3n) is 3.71. The predicted molar refractivity (Wildman–Crippen MR) is 101 cm³/mol. The molecular formula is C19H19NO2S2. The lowest BCUT2D eigenvalue weighted by Crippen LogP contribution is -1.89. The lowest BCUT2D eigenvalue weighted by Gasteiger charge is -2.04. The second kappa shape index (κ2) is 8.22.